The van der Waals surface area contributed by atoms with Crippen LogP contribution in [0, 0.1) is 0 Å². The lowest BCUT2D eigenvalue weighted by atomic mass is 10.1. The zero-order chi connectivity index (χ0) is 48.5. The second-order valence-corrected chi connectivity index (χ2v) is 18.1. The predicted molar refractivity (Wildman–Crippen MR) is 269 cm³/mol. The zero-order valence-corrected chi connectivity index (χ0v) is 40.5. The van der Waals surface area contributed by atoms with Gasteiger partial charge in [0.15, 0.2) is 23.0 Å². The van der Waals surface area contributed by atoms with Crippen molar-refractivity contribution in [2.75, 3.05) is 80.2 Å². The number of aromatic nitrogens is 6. The molecule has 19 heteroatoms. The number of aromatic amines is 2. The summed E-state index contributed by atoms with van der Waals surface area (Å²) >= 11 is 6.29. The Morgan fingerprint density at radius 2 is 1.14 bits per heavy atom. The molecular formula is C50H55ClN12O6. The van der Waals surface area contributed by atoms with E-state index in [1.54, 1.807) is 58.4 Å². The van der Waals surface area contributed by atoms with E-state index in [2.05, 4.69) is 46.6 Å². The van der Waals surface area contributed by atoms with Crippen molar-refractivity contribution in [3.8, 4) is 23.0 Å². The average Bonchev–Trinajstić information content (AvgIpc) is 4.14. The highest BCUT2D eigenvalue weighted by Gasteiger charge is 2.38. The van der Waals surface area contributed by atoms with E-state index in [9.17, 15) is 9.59 Å². The Balaban J connectivity index is 0.000000172. The second-order valence-electron chi connectivity index (χ2n) is 17.7. The monoisotopic (exact) mass is 954 g/mol. The second kappa shape index (κ2) is 19.7. The van der Waals surface area contributed by atoms with E-state index in [0.717, 1.165) is 55.0 Å². The lowest BCUT2D eigenvalue weighted by Gasteiger charge is -2.21. The Hall–Kier alpha value is -7.41. The number of carbonyl (C=O) groups is 2. The summed E-state index contributed by atoms with van der Waals surface area (Å²) in [6.07, 6.45) is 7.65. The fraction of sp³-hybridized carbons (Fsp3) is 0.320. The van der Waals surface area contributed by atoms with Crippen molar-refractivity contribution in [3.05, 3.63) is 96.8 Å². The van der Waals surface area contributed by atoms with E-state index >= 15 is 0 Å². The summed E-state index contributed by atoms with van der Waals surface area (Å²) in [6, 6.07) is 21.1. The number of ether oxygens (including phenoxy) is 4. The molecule has 6 heterocycles. The maximum absolute atomic E-state index is 12.5. The highest BCUT2D eigenvalue weighted by Crippen LogP contribution is 2.39. The van der Waals surface area contributed by atoms with Gasteiger partial charge in [-0.25, -0.2) is 19.9 Å². The number of amides is 2. The van der Waals surface area contributed by atoms with E-state index < -0.39 is 0 Å². The fourth-order valence-corrected chi connectivity index (χ4v) is 9.22. The quantitative estimate of drug-likeness (QED) is 0.0944. The number of carbonyl (C=O) groups excluding carboxylic acids is 2. The molecule has 8 aromatic rings. The highest BCUT2D eigenvalue weighted by molar-refractivity contribution is 6.35. The third kappa shape index (κ3) is 9.81. The van der Waals surface area contributed by atoms with Gasteiger partial charge in [0.25, 0.3) is 0 Å². The van der Waals surface area contributed by atoms with Crippen LogP contribution < -0.4 is 29.6 Å². The van der Waals surface area contributed by atoms with Crippen LogP contribution in [0.25, 0.3) is 43.6 Å². The largest absolute Gasteiger partial charge is 0.493 e. The molecule has 0 aliphatic carbocycles. The number of likely N-dealkylation sites (tertiary alicyclic amines) is 2. The maximum Gasteiger partial charge on any atom is 0.239 e. The lowest BCUT2D eigenvalue weighted by Crippen LogP contribution is -2.40. The van der Waals surface area contributed by atoms with Crippen LogP contribution in [-0.2, 0) is 9.59 Å². The fourth-order valence-electron chi connectivity index (χ4n) is 9.01. The molecule has 69 heavy (non-hydrogen) atoms. The summed E-state index contributed by atoms with van der Waals surface area (Å²) in [5.41, 5.74) is 5.27. The normalized spacial score (nSPS) is 18.3. The lowest BCUT2D eigenvalue weighted by molar-refractivity contribution is -0.133. The van der Waals surface area contributed by atoms with Crippen LogP contribution in [0.3, 0.4) is 0 Å². The molecule has 0 saturated carbocycles. The molecule has 2 aliphatic heterocycles. The van der Waals surface area contributed by atoms with Gasteiger partial charge in [-0.05, 0) is 68.7 Å². The molecule has 4 N–H and O–H groups in total. The number of benzene rings is 4. The van der Waals surface area contributed by atoms with Crippen LogP contribution in [0.2, 0.25) is 5.02 Å². The molecule has 0 unspecified atom stereocenters. The Labute approximate surface area is 403 Å². The Bertz CT molecular complexity index is 3180. The summed E-state index contributed by atoms with van der Waals surface area (Å²) in [5.74, 6) is 3.82. The van der Waals surface area contributed by atoms with Gasteiger partial charge in [-0.3, -0.25) is 19.4 Å². The number of hydrogen-bond donors (Lipinski definition) is 4. The van der Waals surface area contributed by atoms with Crippen molar-refractivity contribution < 1.29 is 28.5 Å². The molecule has 4 aromatic heterocycles. The minimum Gasteiger partial charge on any atom is -0.493 e. The van der Waals surface area contributed by atoms with E-state index in [1.165, 1.54) is 12.7 Å². The smallest absolute Gasteiger partial charge is 0.239 e. The van der Waals surface area contributed by atoms with Crippen LogP contribution >= 0.6 is 11.6 Å². The van der Waals surface area contributed by atoms with Crippen molar-refractivity contribution in [2.24, 2.45) is 0 Å². The first-order valence-electron chi connectivity index (χ1n) is 22.5. The third-order valence-corrected chi connectivity index (χ3v) is 12.9. The number of hydrogen-bond acceptors (Lipinski definition) is 14. The number of likely N-dealkylation sites (N-methyl/N-ethyl adjacent to an activating group) is 4. The van der Waals surface area contributed by atoms with Gasteiger partial charge in [0.1, 0.15) is 36.5 Å². The molecule has 0 bridgehead atoms. The first-order chi connectivity index (χ1) is 33.3. The van der Waals surface area contributed by atoms with Crippen LogP contribution in [0.4, 0.5) is 23.0 Å². The number of rotatable bonds is 12. The maximum atomic E-state index is 12.5. The SMILES string of the molecule is COc1cc2ncnc(Nc3ccc4[nH]cc(Cl)c4c3)c2cc1O[C@H]1C[C@H](C(=O)N(C)C)N(C)C1.COc1cc2ncnc(Nc3ccc4[nH]ccc4c3)c2cc1O[C@H]1C[C@H](C(=O)N(C)C)N(C)C1. The molecule has 2 fully saturated rings. The number of fused-ring (bicyclic) bond motifs is 4. The summed E-state index contributed by atoms with van der Waals surface area (Å²) < 4.78 is 23.9. The topological polar surface area (TPSA) is 191 Å². The van der Waals surface area contributed by atoms with Gasteiger partial charge < -0.3 is 49.3 Å². The predicted octanol–water partition coefficient (Wildman–Crippen LogP) is 7.46. The number of nitrogens with one attached hydrogen (secondary N) is 4. The van der Waals surface area contributed by atoms with Crippen LogP contribution in [0.1, 0.15) is 12.8 Å². The molecule has 10 rings (SSSR count). The van der Waals surface area contributed by atoms with Gasteiger partial charge in [-0.2, -0.15) is 0 Å². The molecule has 4 atom stereocenters. The summed E-state index contributed by atoms with van der Waals surface area (Å²) in [6.45, 7) is 1.29. The summed E-state index contributed by atoms with van der Waals surface area (Å²) in [5, 5.41) is 11.1. The molecule has 0 radical (unpaired) electrons. The number of methoxy groups -OCH3 is 2. The first-order valence-corrected chi connectivity index (χ1v) is 22.8. The molecule has 358 valence electrons. The molecule has 2 amide bonds. The Morgan fingerprint density at radius 3 is 1.65 bits per heavy atom. The minimum absolute atomic E-state index is 0.0726. The van der Waals surface area contributed by atoms with Gasteiger partial charge >= 0.3 is 0 Å². The zero-order valence-electron chi connectivity index (χ0n) is 39.7. The van der Waals surface area contributed by atoms with E-state index in [-0.39, 0.29) is 36.1 Å². The molecular weight excluding hydrogens is 900 g/mol. The van der Waals surface area contributed by atoms with E-state index in [4.69, 9.17) is 30.5 Å². The van der Waals surface area contributed by atoms with Gasteiger partial charge in [-0.15, -0.1) is 0 Å². The molecule has 2 saturated heterocycles. The molecule has 2 aliphatic rings. The van der Waals surface area contributed by atoms with Crippen LogP contribution in [-0.4, -0.2) is 155 Å². The van der Waals surface area contributed by atoms with E-state index in [0.29, 0.717) is 65.6 Å². The van der Waals surface area contributed by atoms with Crippen LogP contribution in [0.15, 0.2) is 91.8 Å². The summed E-state index contributed by atoms with van der Waals surface area (Å²) in [4.78, 5) is 56.5. The minimum atomic E-state index is -0.211. The standard InChI is InChI=1S/C25H27ClN6O3.C25H28N6O3/c1-31(2)25(33)21-8-15(12-32(21)3)35-23-9-17-20(10-22(23)34-4)28-13-29-24(17)30-14-5-6-19-16(7-14)18(26)11-27-19;1-30(2)25(32)21-10-17(13-31(21)3)34-23-11-18-20(12-22(23)33-4)27-14-28-24(18)29-16-5-6-19-15(9-16)7-8-26-19/h5-7,9-11,13,15,21,27H,8,12H2,1-4H3,(H,28,29,30);5-9,11-12,14,17,21,26H,10,13H2,1-4H3,(H,27,28,29)/t15-,21+;17-,21+/m00/s1. The average molecular weight is 956 g/mol. The van der Waals surface area contributed by atoms with Crippen LogP contribution in [0.5, 0.6) is 23.0 Å². The third-order valence-electron chi connectivity index (χ3n) is 12.6. The van der Waals surface area contributed by atoms with Crippen molar-refractivity contribution in [2.45, 2.75) is 37.1 Å². The number of halogens is 1. The first kappa shape index (κ1) is 46.7. The molecule has 0 spiro atoms. The van der Waals surface area contributed by atoms with Crippen molar-refractivity contribution in [3.63, 3.8) is 0 Å². The summed E-state index contributed by atoms with van der Waals surface area (Å²) in [7, 11) is 14.2. The van der Waals surface area contributed by atoms with Crippen molar-refractivity contribution in [1.29, 1.82) is 0 Å². The van der Waals surface area contributed by atoms with Crippen molar-refractivity contribution in [1.82, 2.24) is 49.5 Å². The van der Waals surface area contributed by atoms with Gasteiger partial charge in [0.2, 0.25) is 11.8 Å². The number of nitrogens with zero attached hydrogens (tertiary/aromatic N) is 8. The highest BCUT2D eigenvalue weighted by atomic mass is 35.5. The Kier molecular flexibility index (Phi) is 13.3. The number of anilines is 4. The molecule has 4 aromatic carbocycles. The Morgan fingerprint density at radius 1 is 0.638 bits per heavy atom. The van der Waals surface area contributed by atoms with Gasteiger partial charge in [0, 0.05) is 123 Å². The number of H-pyrrole nitrogens is 2. The van der Waals surface area contributed by atoms with Crippen molar-refractivity contribution >= 4 is 90.0 Å². The van der Waals surface area contributed by atoms with E-state index in [1.807, 2.05) is 90.8 Å². The molecule has 18 nitrogen and oxygen atoms in total. The van der Waals surface area contributed by atoms with Gasteiger partial charge in [-0.1, -0.05) is 11.6 Å². The van der Waals surface area contributed by atoms with Gasteiger partial charge in [0.05, 0.1) is 42.4 Å².